The number of rotatable bonds is 4. The van der Waals surface area contributed by atoms with Crippen molar-refractivity contribution in [2.24, 2.45) is 0 Å². The summed E-state index contributed by atoms with van der Waals surface area (Å²) < 4.78 is 0. The Morgan fingerprint density at radius 2 is 1.69 bits per heavy atom. The summed E-state index contributed by atoms with van der Waals surface area (Å²) in [6.07, 6.45) is 1.76. The molecule has 3 aromatic rings. The minimum atomic E-state index is -0.0270. The first-order valence-corrected chi connectivity index (χ1v) is 9.06. The predicted octanol–water partition coefficient (Wildman–Crippen LogP) is 5.08. The summed E-state index contributed by atoms with van der Waals surface area (Å²) >= 11 is 5.58. The monoisotopic (exact) mass is 361 g/mol. The number of benzene rings is 2. The molecule has 132 valence electrons. The molecule has 0 aliphatic rings. The van der Waals surface area contributed by atoms with Crippen molar-refractivity contribution in [2.45, 2.75) is 26.8 Å². The van der Waals surface area contributed by atoms with Crippen LogP contribution in [0.5, 0.6) is 0 Å². The number of nitrogens with one attached hydrogen (secondary N) is 2. The van der Waals surface area contributed by atoms with Crippen LogP contribution < -0.4 is 10.6 Å². The van der Waals surface area contributed by atoms with Gasteiger partial charge in [0.25, 0.3) is 0 Å². The molecule has 0 spiro atoms. The van der Waals surface area contributed by atoms with Gasteiger partial charge in [-0.25, -0.2) is 4.98 Å². The zero-order valence-electron chi connectivity index (χ0n) is 15.3. The Labute approximate surface area is 160 Å². The minimum absolute atomic E-state index is 0.0270. The Bertz CT molecular complexity index is 906. The summed E-state index contributed by atoms with van der Waals surface area (Å²) in [6, 6.07) is 20.8. The van der Waals surface area contributed by atoms with Gasteiger partial charge in [-0.05, 0) is 61.3 Å². The van der Waals surface area contributed by atoms with E-state index in [1.165, 1.54) is 22.3 Å². The number of hydrogen-bond donors (Lipinski definition) is 2. The Hall–Kier alpha value is -2.72. The molecule has 0 amide bonds. The molecule has 0 aliphatic carbocycles. The minimum Gasteiger partial charge on any atom is -0.351 e. The fourth-order valence-corrected chi connectivity index (χ4v) is 3.24. The van der Waals surface area contributed by atoms with Gasteiger partial charge in [0.15, 0.2) is 5.11 Å². The lowest BCUT2D eigenvalue weighted by molar-refractivity contribution is 0.761. The molecular weight excluding hydrogens is 338 g/mol. The van der Waals surface area contributed by atoms with Crippen molar-refractivity contribution in [2.75, 3.05) is 5.32 Å². The highest BCUT2D eigenvalue weighted by molar-refractivity contribution is 7.80. The van der Waals surface area contributed by atoms with E-state index in [0.29, 0.717) is 5.11 Å². The standard InChI is InChI=1S/C22H23N3S/c1-15-11-12-19(17(3)14-15)20(18-9-5-4-6-10-18)24-22(26)25-21-16(2)8-7-13-23-21/h4-14,20H,1-3H3,(H2,23,24,25,26)/t20-/m1/s1. The van der Waals surface area contributed by atoms with Gasteiger partial charge in [0.1, 0.15) is 5.82 Å². The van der Waals surface area contributed by atoms with Gasteiger partial charge in [-0.1, -0.05) is 60.2 Å². The maximum absolute atomic E-state index is 5.58. The van der Waals surface area contributed by atoms with E-state index in [4.69, 9.17) is 12.2 Å². The molecule has 4 heteroatoms. The molecule has 2 aromatic carbocycles. The SMILES string of the molecule is Cc1ccc([C@H](NC(=S)Nc2ncccc2C)c2ccccc2)c(C)c1. The third-order valence-corrected chi connectivity index (χ3v) is 4.61. The summed E-state index contributed by atoms with van der Waals surface area (Å²) in [5, 5.41) is 7.24. The Morgan fingerprint density at radius 3 is 2.38 bits per heavy atom. The first-order valence-electron chi connectivity index (χ1n) is 8.66. The van der Waals surface area contributed by atoms with Crippen LogP contribution in [0.15, 0.2) is 66.9 Å². The number of aryl methyl sites for hydroxylation is 3. The molecule has 26 heavy (non-hydrogen) atoms. The van der Waals surface area contributed by atoms with Crippen molar-refractivity contribution < 1.29 is 0 Å². The van der Waals surface area contributed by atoms with Gasteiger partial charge in [-0.3, -0.25) is 0 Å². The van der Waals surface area contributed by atoms with Crippen molar-refractivity contribution in [3.63, 3.8) is 0 Å². The Kier molecular flexibility index (Phi) is 5.64. The van der Waals surface area contributed by atoms with E-state index in [2.05, 4.69) is 59.8 Å². The first kappa shape index (κ1) is 18.1. The average molecular weight is 362 g/mol. The molecule has 0 saturated heterocycles. The number of pyridine rings is 1. The molecule has 3 nitrogen and oxygen atoms in total. The van der Waals surface area contributed by atoms with Gasteiger partial charge in [0, 0.05) is 6.20 Å². The molecule has 3 rings (SSSR count). The summed E-state index contributed by atoms with van der Waals surface area (Å²) in [5.74, 6) is 0.775. The molecule has 0 bridgehead atoms. The predicted molar refractivity (Wildman–Crippen MR) is 113 cm³/mol. The second kappa shape index (κ2) is 8.11. The van der Waals surface area contributed by atoms with E-state index in [0.717, 1.165) is 11.4 Å². The van der Waals surface area contributed by atoms with Crippen LogP contribution in [0.4, 0.5) is 5.82 Å². The summed E-state index contributed by atoms with van der Waals surface area (Å²) in [6.45, 7) is 6.26. The summed E-state index contributed by atoms with van der Waals surface area (Å²) in [7, 11) is 0. The van der Waals surface area contributed by atoms with Crippen LogP contribution in [-0.4, -0.2) is 10.1 Å². The Morgan fingerprint density at radius 1 is 0.923 bits per heavy atom. The number of thiocarbonyl (C=S) groups is 1. The molecule has 1 atom stereocenters. The van der Waals surface area contributed by atoms with Gasteiger partial charge in [-0.2, -0.15) is 0 Å². The van der Waals surface area contributed by atoms with Gasteiger partial charge in [-0.15, -0.1) is 0 Å². The van der Waals surface area contributed by atoms with E-state index in [-0.39, 0.29) is 6.04 Å². The van der Waals surface area contributed by atoms with Gasteiger partial charge >= 0.3 is 0 Å². The topological polar surface area (TPSA) is 37.0 Å². The third-order valence-electron chi connectivity index (χ3n) is 4.39. The fourth-order valence-electron chi connectivity index (χ4n) is 3.03. The van der Waals surface area contributed by atoms with Gasteiger partial charge in [0.05, 0.1) is 6.04 Å². The molecule has 0 unspecified atom stereocenters. The van der Waals surface area contributed by atoms with Crippen molar-refractivity contribution in [1.82, 2.24) is 10.3 Å². The highest BCUT2D eigenvalue weighted by atomic mass is 32.1. The van der Waals surface area contributed by atoms with Crippen LogP contribution in [0.25, 0.3) is 0 Å². The van der Waals surface area contributed by atoms with Crippen molar-refractivity contribution in [3.05, 3.63) is 94.7 Å². The molecule has 1 heterocycles. The maximum Gasteiger partial charge on any atom is 0.172 e. The Balaban J connectivity index is 1.89. The zero-order valence-corrected chi connectivity index (χ0v) is 16.1. The molecule has 2 N–H and O–H groups in total. The summed E-state index contributed by atoms with van der Waals surface area (Å²) in [5.41, 5.74) is 5.93. The number of hydrogen-bond acceptors (Lipinski definition) is 2. The second-order valence-electron chi connectivity index (χ2n) is 6.47. The van der Waals surface area contributed by atoms with Crippen LogP contribution in [0.2, 0.25) is 0 Å². The molecule has 0 aliphatic heterocycles. The van der Waals surface area contributed by atoms with E-state index < -0.39 is 0 Å². The zero-order chi connectivity index (χ0) is 18.5. The number of anilines is 1. The van der Waals surface area contributed by atoms with Crippen LogP contribution in [-0.2, 0) is 0 Å². The normalized spacial score (nSPS) is 11.7. The first-order chi connectivity index (χ1) is 12.5. The largest absolute Gasteiger partial charge is 0.351 e. The van der Waals surface area contributed by atoms with Crippen LogP contribution in [0.3, 0.4) is 0 Å². The maximum atomic E-state index is 5.58. The number of aromatic nitrogens is 1. The number of nitrogens with zero attached hydrogens (tertiary/aromatic N) is 1. The van der Waals surface area contributed by atoms with Crippen molar-refractivity contribution in [3.8, 4) is 0 Å². The van der Waals surface area contributed by atoms with Gasteiger partial charge in [0.2, 0.25) is 0 Å². The smallest absolute Gasteiger partial charge is 0.172 e. The van der Waals surface area contributed by atoms with E-state index in [1.807, 2.05) is 37.3 Å². The molecule has 0 fully saturated rings. The molecule has 1 aromatic heterocycles. The van der Waals surface area contributed by atoms with E-state index in [9.17, 15) is 0 Å². The van der Waals surface area contributed by atoms with Crippen LogP contribution in [0.1, 0.15) is 33.9 Å². The molecular formula is C22H23N3S. The van der Waals surface area contributed by atoms with Crippen LogP contribution >= 0.6 is 12.2 Å². The van der Waals surface area contributed by atoms with E-state index >= 15 is 0 Å². The van der Waals surface area contributed by atoms with Crippen molar-refractivity contribution in [1.29, 1.82) is 0 Å². The highest BCUT2D eigenvalue weighted by Crippen LogP contribution is 2.26. The lowest BCUT2D eigenvalue weighted by Gasteiger charge is -2.24. The van der Waals surface area contributed by atoms with Crippen LogP contribution in [0, 0.1) is 20.8 Å². The molecule has 0 saturated carbocycles. The average Bonchev–Trinajstić information content (AvgIpc) is 2.63. The van der Waals surface area contributed by atoms with Crippen molar-refractivity contribution >= 4 is 23.1 Å². The second-order valence-corrected chi connectivity index (χ2v) is 6.88. The van der Waals surface area contributed by atoms with Gasteiger partial charge < -0.3 is 10.6 Å². The highest BCUT2D eigenvalue weighted by Gasteiger charge is 2.17. The summed E-state index contributed by atoms with van der Waals surface area (Å²) in [4.78, 5) is 4.36. The lowest BCUT2D eigenvalue weighted by Crippen LogP contribution is -2.33. The van der Waals surface area contributed by atoms with E-state index in [1.54, 1.807) is 6.20 Å². The quantitative estimate of drug-likeness (QED) is 0.635. The lowest BCUT2D eigenvalue weighted by atomic mass is 9.94. The molecule has 0 radical (unpaired) electrons. The fraction of sp³-hybridized carbons (Fsp3) is 0.182. The third kappa shape index (κ3) is 4.27.